The lowest BCUT2D eigenvalue weighted by Gasteiger charge is -2.31. The molecule has 0 aromatic heterocycles. The van der Waals surface area contributed by atoms with Gasteiger partial charge in [0.15, 0.2) is 0 Å². The van der Waals surface area contributed by atoms with Crippen LogP contribution in [0.5, 0.6) is 0 Å². The molecule has 0 aliphatic carbocycles. The molecule has 1 unspecified atom stereocenters. The molecule has 0 amide bonds. The molecule has 0 bridgehead atoms. The molecule has 0 radical (unpaired) electrons. The number of hydrogen-bond donors (Lipinski definition) is 1. The molecule has 1 aromatic carbocycles. The zero-order valence-electron chi connectivity index (χ0n) is 10.1. The summed E-state index contributed by atoms with van der Waals surface area (Å²) in [6.07, 6.45) is 0. The summed E-state index contributed by atoms with van der Waals surface area (Å²) in [7, 11) is -3.36. The second-order valence-electron chi connectivity index (χ2n) is 3.91. The van der Waals surface area contributed by atoms with Crippen LogP contribution in [0.25, 0.3) is 10.4 Å². The molecule has 1 atom stereocenters. The maximum atomic E-state index is 12.7. The molecule has 102 valence electrons. The minimum atomic E-state index is -3.36. The standard InChI is InChI=1S/C10H13ClN5O2P/c11-9-1-3-10(4-2-9)13-19(17,15-14-12)16-5-7-18-8-6-16/h1-4H,5-8H2,(H,13,17). The summed E-state index contributed by atoms with van der Waals surface area (Å²) in [6, 6.07) is 6.71. The van der Waals surface area contributed by atoms with Crippen LogP contribution in [-0.4, -0.2) is 31.0 Å². The Hall–Kier alpha value is -1.23. The number of hydrogen-bond acceptors (Lipinski definition) is 2. The van der Waals surface area contributed by atoms with E-state index in [0.29, 0.717) is 37.0 Å². The first-order valence-electron chi connectivity index (χ1n) is 5.68. The van der Waals surface area contributed by atoms with E-state index in [4.69, 9.17) is 21.9 Å². The third-order valence-corrected chi connectivity index (χ3v) is 4.94. The van der Waals surface area contributed by atoms with Crippen LogP contribution < -0.4 is 5.09 Å². The number of ether oxygens (including phenoxy) is 1. The van der Waals surface area contributed by atoms with Crippen molar-refractivity contribution in [2.24, 2.45) is 4.88 Å². The van der Waals surface area contributed by atoms with E-state index in [-0.39, 0.29) is 0 Å². The molecule has 1 aromatic rings. The van der Waals surface area contributed by atoms with Crippen molar-refractivity contribution in [2.75, 3.05) is 31.4 Å². The van der Waals surface area contributed by atoms with E-state index in [1.165, 1.54) is 0 Å². The third-order valence-electron chi connectivity index (χ3n) is 2.65. The second-order valence-corrected chi connectivity index (χ2v) is 6.40. The second kappa shape index (κ2) is 6.28. The normalized spacial score (nSPS) is 19.2. The molecular weight excluding hydrogens is 289 g/mol. The van der Waals surface area contributed by atoms with Crippen molar-refractivity contribution >= 4 is 24.9 Å². The van der Waals surface area contributed by atoms with Crippen LogP contribution in [0.3, 0.4) is 0 Å². The molecule has 1 aliphatic heterocycles. The van der Waals surface area contributed by atoms with Crippen LogP contribution in [0.1, 0.15) is 0 Å². The quantitative estimate of drug-likeness (QED) is 0.399. The third kappa shape index (κ3) is 3.62. The van der Waals surface area contributed by atoms with Gasteiger partial charge in [0.05, 0.1) is 13.2 Å². The summed E-state index contributed by atoms with van der Waals surface area (Å²) in [5, 5.41) is 3.38. The van der Waals surface area contributed by atoms with E-state index in [1.54, 1.807) is 28.9 Å². The van der Waals surface area contributed by atoms with Gasteiger partial charge in [0.25, 0.3) is 0 Å². The van der Waals surface area contributed by atoms with Gasteiger partial charge in [-0.25, -0.2) is 4.67 Å². The van der Waals surface area contributed by atoms with E-state index in [2.05, 4.69) is 14.9 Å². The van der Waals surface area contributed by atoms with E-state index in [0.717, 1.165) is 0 Å². The lowest BCUT2D eigenvalue weighted by atomic mass is 10.3. The molecule has 2 rings (SSSR count). The van der Waals surface area contributed by atoms with E-state index < -0.39 is 7.59 Å². The van der Waals surface area contributed by atoms with Gasteiger partial charge in [0, 0.05) is 33.6 Å². The van der Waals surface area contributed by atoms with Gasteiger partial charge in [0.2, 0.25) is 0 Å². The molecule has 19 heavy (non-hydrogen) atoms. The number of nitrogens with zero attached hydrogens (tertiary/aromatic N) is 4. The molecule has 0 spiro atoms. The summed E-state index contributed by atoms with van der Waals surface area (Å²) in [5.74, 6) is 0. The monoisotopic (exact) mass is 301 g/mol. The van der Waals surface area contributed by atoms with Gasteiger partial charge in [-0.2, -0.15) is 0 Å². The smallest absolute Gasteiger partial charge is 0.324 e. The molecule has 9 heteroatoms. The van der Waals surface area contributed by atoms with Crippen LogP contribution in [0.4, 0.5) is 5.69 Å². The minimum absolute atomic E-state index is 0.455. The maximum absolute atomic E-state index is 12.7. The largest absolute Gasteiger partial charge is 0.379 e. The fraction of sp³-hybridized carbons (Fsp3) is 0.400. The zero-order valence-corrected chi connectivity index (χ0v) is 11.7. The van der Waals surface area contributed by atoms with E-state index in [1.807, 2.05) is 0 Å². The molecule has 1 heterocycles. The van der Waals surface area contributed by atoms with Gasteiger partial charge in [0.1, 0.15) is 0 Å². The zero-order chi connectivity index (χ0) is 13.7. The van der Waals surface area contributed by atoms with E-state index in [9.17, 15) is 4.57 Å². The molecule has 1 fully saturated rings. The Balaban J connectivity index is 2.21. The Bertz CT molecular complexity index is 525. The van der Waals surface area contributed by atoms with Crippen molar-refractivity contribution in [1.82, 2.24) is 4.67 Å². The van der Waals surface area contributed by atoms with Crippen LogP contribution in [-0.2, 0) is 9.30 Å². The SMILES string of the molecule is [N-]=[N+]=NP(=O)(Nc1ccc(Cl)cc1)N1CCOCC1. The highest BCUT2D eigenvalue weighted by Crippen LogP contribution is 2.51. The Kier molecular flexibility index (Phi) is 4.69. The van der Waals surface area contributed by atoms with Crippen molar-refractivity contribution in [2.45, 2.75) is 0 Å². The molecular formula is C10H13ClN5O2P. The number of anilines is 1. The highest BCUT2D eigenvalue weighted by Gasteiger charge is 2.31. The van der Waals surface area contributed by atoms with Crippen molar-refractivity contribution in [3.8, 4) is 0 Å². The highest BCUT2D eigenvalue weighted by molar-refractivity contribution is 7.61. The number of rotatable bonds is 4. The van der Waals surface area contributed by atoms with Gasteiger partial charge in [-0.1, -0.05) is 11.6 Å². The summed E-state index contributed by atoms with van der Waals surface area (Å²) < 4.78 is 19.5. The Morgan fingerprint density at radius 3 is 2.58 bits per heavy atom. The Morgan fingerprint density at radius 2 is 2.00 bits per heavy atom. The van der Waals surface area contributed by atoms with Crippen LogP contribution in [0.15, 0.2) is 29.2 Å². The molecule has 1 aliphatic rings. The molecule has 7 nitrogen and oxygen atoms in total. The first-order chi connectivity index (χ1) is 9.14. The summed E-state index contributed by atoms with van der Waals surface area (Å²) in [6.45, 7) is 1.84. The highest BCUT2D eigenvalue weighted by atomic mass is 35.5. The van der Waals surface area contributed by atoms with Gasteiger partial charge < -0.3 is 9.82 Å². The lowest BCUT2D eigenvalue weighted by molar-refractivity contribution is 0.0722. The fourth-order valence-electron chi connectivity index (χ4n) is 1.72. The Morgan fingerprint density at radius 1 is 1.37 bits per heavy atom. The van der Waals surface area contributed by atoms with Gasteiger partial charge in [-0.3, -0.25) is 4.57 Å². The number of halogens is 1. The fourth-order valence-corrected chi connectivity index (χ4v) is 3.45. The van der Waals surface area contributed by atoms with Gasteiger partial charge in [-0.15, -0.1) is 0 Å². The van der Waals surface area contributed by atoms with Crippen molar-refractivity contribution in [3.05, 3.63) is 39.7 Å². The van der Waals surface area contributed by atoms with Gasteiger partial charge >= 0.3 is 7.59 Å². The minimum Gasteiger partial charge on any atom is -0.379 e. The first kappa shape index (κ1) is 14.2. The number of benzene rings is 1. The number of morpholine rings is 1. The summed E-state index contributed by atoms with van der Waals surface area (Å²) >= 11 is 5.79. The van der Waals surface area contributed by atoms with Crippen LogP contribution in [0, 0.1) is 0 Å². The van der Waals surface area contributed by atoms with Crippen LogP contribution >= 0.6 is 19.2 Å². The summed E-state index contributed by atoms with van der Waals surface area (Å²) in [4.78, 5) is 6.15. The average Bonchev–Trinajstić information content (AvgIpc) is 2.43. The predicted octanol–water partition coefficient (Wildman–Crippen LogP) is 3.50. The number of azide groups is 1. The maximum Gasteiger partial charge on any atom is 0.324 e. The first-order valence-corrected chi connectivity index (χ1v) is 7.67. The topological polar surface area (TPSA) is 90.3 Å². The number of nitrogens with one attached hydrogen (secondary N) is 1. The lowest BCUT2D eigenvalue weighted by Crippen LogP contribution is -2.35. The predicted molar refractivity (Wildman–Crippen MR) is 74.2 cm³/mol. The average molecular weight is 302 g/mol. The van der Waals surface area contributed by atoms with E-state index >= 15 is 0 Å². The van der Waals surface area contributed by atoms with Gasteiger partial charge in [-0.05, 0) is 29.8 Å². The molecule has 1 saturated heterocycles. The summed E-state index contributed by atoms with van der Waals surface area (Å²) in [5.41, 5.74) is 9.21. The molecule has 1 N–H and O–H groups in total. The molecule has 0 saturated carbocycles. The van der Waals surface area contributed by atoms with Crippen molar-refractivity contribution in [1.29, 1.82) is 0 Å². The van der Waals surface area contributed by atoms with Crippen LogP contribution in [0.2, 0.25) is 5.02 Å². The van der Waals surface area contributed by atoms with Crippen molar-refractivity contribution in [3.63, 3.8) is 0 Å². The van der Waals surface area contributed by atoms with Crippen molar-refractivity contribution < 1.29 is 9.30 Å². The Labute approximate surface area is 115 Å².